The number of nitrogens with zero attached hydrogens (tertiary/aromatic N) is 1. The van der Waals surface area contributed by atoms with Gasteiger partial charge in [0.2, 0.25) is 0 Å². The van der Waals surface area contributed by atoms with Crippen LogP contribution in [0.25, 0.3) is 0 Å². The topological polar surface area (TPSA) is 35.5 Å². The van der Waals surface area contributed by atoms with E-state index in [1.807, 2.05) is 18.2 Å². The van der Waals surface area contributed by atoms with Gasteiger partial charge in [0.25, 0.3) is 0 Å². The molecule has 0 unspecified atom stereocenters. The number of phenols is 1. The van der Waals surface area contributed by atoms with Gasteiger partial charge in [-0.05, 0) is 13.1 Å². The normalized spacial score (nSPS) is 23.6. The Morgan fingerprint density at radius 1 is 1.46 bits per heavy atom. The van der Waals surface area contributed by atoms with Crippen LogP contribution in [0.1, 0.15) is 11.7 Å². The highest BCUT2D eigenvalue weighted by Gasteiger charge is 2.23. The number of benzene rings is 1. The SMILES string of the molecule is CN1CCN[C@@H]1c1ccccc1O. The molecule has 0 radical (unpaired) electrons. The van der Waals surface area contributed by atoms with Crippen LogP contribution in [0.2, 0.25) is 0 Å². The first-order valence-corrected chi connectivity index (χ1v) is 4.50. The first-order valence-electron chi connectivity index (χ1n) is 4.50. The van der Waals surface area contributed by atoms with Gasteiger partial charge in [0.1, 0.15) is 5.75 Å². The van der Waals surface area contributed by atoms with E-state index in [0.717, 1.165) is 18.7 Å². The second-order valence-electron chi connectivity index (χ2n) is 3.40. The van der Waals surface area contributed by atoms with Gasteiger partial charge >= 0.3 is 0 Å². The fraction of sp³-hybridized carbons (Fsp3) is 0.400. The molecular formula is C10H14N2O. The summed E-state index contributed by atoms with van der Waals surface area (Å²) < 4.78 is 0. The smallest absolute Gasteiger partial charge is 0.121 e. The molecule has 1 aliphatic heterocycles. The van der Waals surface area contributed by atoms with E-state index in [2.05, 4.69) is 17.3 Å². The number of likely N-dealkylation sites (N-methyl/N-ethyl adjacent to an activating group) is 1. The maximum atomic E-state index is 9.62. The van der Waals surface area contributed by atoms with Crippen molar-refractivity contribution in [2.75, 3.05) is 20.1 Å². The first kappa shape index (κ1) is 8.53. The second kappa shape index (κ2) is 3.36. The molecule has 0 amide bonds. The molecule has 1 aromatic carbocycles. The van der Waals surface area contributed by atoms with Crippen molar-refractivity contribution in [1.29, 1.82) is 0 Å². The highest BCUT2D eigenvalue weighted by Crippen LogP contribution is 2.27. The third-order valence-corrected chi connectivity index (χ3v) is 2.47. The van der Waals surface area contributed by atoms with Crippen molar-refractivity contribution in [3.8, 4) is 5.75 Å². The summed E-state index contributed by atoms with van der Waals surface area (Å²) >= 11 is 0. The molecule has 0 saturated carbocycles. The summed E-state index contributed by atoms with van der Waals surface area (Å²) in [5.74, 6) is 0.369. The quantitative estimate of drug-likeness (QED) is 0.671. The van der Waals surface area contributed by atoms with Crippen LogP contribution in [0.15, 0.2) is 24.3 Å². The second-order valence-corrected chi connectivity index (χ2v) is 3.40. The molecule has 1 heterocycles. The van der Waals surface area contributed by atoms with E-state index in [-0.39, 0.29) is 6.17 Å². The van der Waals surface area contributed by atoms with E-state index in [9.17, 15) is 5.11 Å². The van der Waals surface area contributed by atoms with Crippen LogP contribution in [0.3, 0.4) is 0 Å². The molecule has 1 aliphatic rings. The van der Waals surface area contributed by atoms with Crippen LogP contribution in [0, 0.1) is 0 Å². The van der Waals surface area contributed by atoms with Gasteiger partial charge in [0, 0.05) is 18.7 Å². The summed E-state index contributed by atoms with van der Waals surface area (Å²) in [6, 6.07) is 7.47. The van der Waals surface area contributed by atoms with E-state index >= 15 is 0 Å². The third-order valence-electron chi connectivity index (χ3n) is 2.47. The van der Waals surface area contributed by atoms with Gasteiger partial charge in [-0.15, -0.1) is 0 Å². The molecule has 1 saturated heterocycles. The lowest BCUT2D eigenvalue weighted by atomic mass is 10.1. The Hall–Kier alpha value is -1.06. The van der Waals surface area contributed by atoms with Crippen LogP contribution in [0.4, 0.5) is 0 Å². The third kappa shape index (κ3) is 1.53. The van der Waals surface area contributed by atoms with Crippen LogP contribution in [-0.2, 0) is 0 Å². The molecule has 3 heteroatoms. The standard InChI is InChI=1S/C10H14N2O/c1-12-7-6-11-10(12)8-4-2-3-5-9(8)13/h2-5,10-11,13H,6-7H2,1H3/t10-/m0/s1. The Morgan fingerprint density at radius 3 is 2.85 bits per heavy atom. The molecule has 3 nitrogen and oxygen atoms in total. The summed E-state index contributed by atoms with van der Waals surface area (Å²) in [4.78, 5) is 2.19. The molecule has 70 valence electrons. The summed E-state index contributed by atoms with van der Waals surface area (Å²) in [6.45, 7) is 2.01. The number of hydrogen-bond acceptors (Lipinski definition) is 3. The van der Waals surface area contributed by atoms with Gasteiger partial charge in [-0.2, -0.15) is 0 Å². The van der Waals surface area contributed by atoms with Crippen molar-refractivity contribution in [3.63, 3.8) is 0 Å². The minimum absolute atomic E-state index is 0.168. The van der Waals surface area contributed by atoms with E-state index in [4.69, 9.17) is 0 Å². The first-order chi connectivity index (χ1) is 6.29. The maximum Gasteiger partial charge on any atom is 0.121 e. The molecule has 0 spiro atoms. The van der Waals surface area contributed by atoms with Gasteiger partial charge < -0.3 is 5.11 Å². The molecule has 2 N–H and O–H groups in total. The molecule has 0 aromatic heterocycles. The van der Waals surface area contributed by atoms with Crippen LogP contribution < -0.4 is 5.32 Å². The summed E-state index contributed by atoms with van der Waals surface area (Å²) in [5.41, 5.74) is 0.961. The summed E-state index contributed by atoms with van der Waals surface area (Å²) in [7, 11) is 2.05. The van der Waals surface area contributed by atoms with Crippen molar-refractivity contribution in [3.05, 3.63) is 29.8 Å². The van der Waals surface area contributed by atoms with E-state index in [1.54, 1.807) is 6.07 Å². The maximum absolute atomic E-state index is 9.62. The zero-order valence-corrected chi connectivity index (χ0v) is 7.70. The Labute approximate surface area is 78.0 Å². The van der Waals surface area contributed by atoms with E-state index in [0.29, 0.717) is 5.75 Å². The van der Waals surface area contributed by atoms with Gasteiger partial charge in [0.05, 0.1) is 6.17 Å². The monoisotopic (exact) mass is 178 g/mol. The largest absolute Gasteiger partial charge is 0.508 e. The fourth-order valence-corrected chi connectivity index (χ4v) is 1.73. The lowest BCUT2D eigenvalue weighted by molar-refractivity contribution is 0.293. The minimum atomic E-state index is 0.168. The molecular weight excluding hydrogens is 164 g/mol. The van der Waals surface area contributed by atoms with Crippen molar-refractivity contribution in [2.45, 2.75) is 6.17 Å². The highest BCUT2D eigenvalue weighted by molar-refractivity contribution is 5.34. The number of hydrogen-bond donors (Lipinski definition) is 2. The number of rotatable bonds is 1. The molecule has 1 aromatic rings. The molecule has 0 bridgehead atoms. The average Bonchev–Trinajstić information content (AvgIpc) is 2.52. The Morgan fingerprint density at radius 2 is 2.23 bits per heavy atom. The number of aromatic hydroxyl groups is 1. The van der Waals surface area contributed by atoms with Crippen LogP contribution in [-0.4, -0.2) is 30.1 Å². The number of phenolic OH excluding ortho intramolecular Hbond substituents is 1. The molecule has 1 fully saturated rings. The fourth-order valence-electron chi connectivity index (χ4n) is 1.73. The van der Waals surface area contributed by atoms with Crippen molar-refractivity contribution in [2.24, 2.45) is 0 Å². The van der Waals surface area contributed by atoms with E-state index in [1.165, 1.54) is 0 Å². The zero-order valence-electron chi connectivity index (χ0n) is 7.70. The molecule has 2 rings (SSSR count). The van der Waals surface area contributed by atoms with Crippen LogP contribution >= 0.6 is 0 Å². The van der Waals surface area contributed by atoms with Crippen molar-refractivity contribution in [1.82, 2.24) is 10.2 Å². The Balaban J connectivity index is 2.29. The minimum Gasteiger partial charge on any atom is -0.508 e. The summed E-state index contributed by atoms with van der Waals surface area (Å²) in [6.07, 6.45) is 0.168. The zero-order chi connectivity index (χ0) is 9.26. The van der Waals surface area contributed by atoms with Gasteiger partial charge in [-0.3, -0.25) is 10.2 Å². The van der Waals surface area contributed by atoms with Gasteiger partial charge in [-0.25, -0.2) is 0 Å². The summed E-state index contributed by atoms with van der Waals surface area (Å²) in [5, 5.41) is 13.0. The Kier molecular flexibility index (Phi) is 2.20. The predicted octanol–water partition coefficient (Wildman–Crippen LogP) is 0.926. The van der Waals surface area contributed by atoms with Gasteiger partial charge in [-0.1, -0.05) is 18.2 Å². The Bertz CT molecular complexity index is 301. The lowest BCUT2D eigenvalue weighted by Crippen LogP contribution is -2.23. The van der Waals surface area contributed by atoms with Crippen molar-refractivity contribution >= 4 is 0 Å². The number of nitrogens with one attached hydrogen (secondary N) is 1. The molecule has 13 heavy (non-hydrogen) atoms. The van der Waals surface area contributed by atoms with Crippen LogP contribution in [0.5, 0.6) is 5.75 Å². The van der Waals surface area contributed by atoms with E-state index < -0.39 is 0 Å². The molecule has 0 aliphatic carbocycles. The van der Waals surface area contributed by atoms with Gasteiger partial charge in [0.15, 0.2) is 0 Å². The lowest BCUT2D eigenvalue weighted by Gasteiger charge is -2.20. The number of para-hydroxylation sites is 1. The van der Waals surface area contributed by atoms with Crippen molar-refractivity contribution < 1.29 is 5.11 Å². The highest BCUT2D eigenvalue weighted by atomic mass is 16.3. The molecule has 1 atom stereocenters. The predicted molar refractivity (Wildman–Crippen MR) is 51.5 cm³/mol. The average molecular weight is 178 g/mol.